The first-order chi connectivity index (χ1) is 8.85. The first-order valence-electron chi connectivity index (χ1n) is 5.86. The Morgan fingerprint density at radius 3 is 2.58 bits per heavy atom. The van der Waals surface area contributed by atoms with E-state index in [4.69, 9.17) is 20.3 Å². The normalized spacial score (nSPS) is 13.7. The number of rotatable bonds is 6. The molecule has 0 spiro atoms. The van der Waals surface area contributed by atoms with Gasteiger partial charge in [0.15, 0.2) is 17.6 Å². The maximum Gasteiger partial charge on any atom is 0.344 e. The van der Waals surface area contributed by atoms with Crippen molar-refractivity contribution in [3.8, 4) is 11.5 Å². The largest absolute Gasteiger partial charge is 0.493 e. The lowest BCUT2D eigenvalue weighted by atomic mass is 10.1. The zero-order valence-electron chi connectivity index (χ0n) is 11.1. The van der Waals surface area contributed by atoms with Crippen LogP contribution in [0.3, 0.4) is 0 Å². The van der Waals surface area contributed by atoms with E-state index in [2.05, 4.69) is 15.9 Å². The van der Waals surface area contributed by atoms with Crippen molar-refractivity contribution < 1.29 is 19.4 Å². The molecule has 0 aliphatic rings. The Labute approximate surface area is 120 Å². The van der Waals surface area contributed by atoms with Gasteiger partial charge in [0.2, 0.25) is 0 Å². The van der Waals surface area contributed by atoms with Crippen molar-refractivity contribution in [1.82, 2.24) is 0 Å². The number of methoxy groups -OCH3 is 1. The highest BCUT2D eigenvalue weighted by Gasteiger charge is 2.19. The number of carbonyl (C=O) groups is 1. The van der Waals surface area contributed by atoms with Gasteiger partial charge < -0.3 is 20.3 Å². The minimum absolute atomic E-state index is 0.0290. The zero-order valence-corrected chi connectivity index (χ0v) is 12.7. The maximum absolute atomic E-state index is 10.8. The summed E-state index contributed by atoms with van der Waals surface area (Å²) < 4.78 is 11.3. The molecule has 106 valence electrons. The molecule has 0 aliphatic heterocycles. The molecule has 0 aliphatic carbocycles. The van der Waals surface area contributed by atoms with Gasteiger partial charge in [-0.05, 0) is 53.9 Å². The maximum atomic E-state index is 10.8. The van der Waals surface area contributed by atoms with Crippen molar-refractivity contribution in [2.24, 2.45) is 5.73 Å². The van der Waals surface area contributed by atoms with E-state index in [0.29, 0.717) is 22.4 Å². The molecular weight excluding hydrogens is 314 g/mol. The third-order valence-electron chi connectivity index (χ3n) is 2.49. The van der Waals surface area contributed by atoms with E-state index in [9.17, 15) is 4.79 Å². The number of carboxylic acids is 1. The molecule has 1 aromatic carbocycles. The molecular formula is C13H18BrNO4. The lowest BCUT2D eigenvalue weighted by molar-refractivity contribution is -0.144. The van der Waals surface area contributed by atoms with E-state index in [1.165, 1.54) is 14.0 Å². The van der Waals surface area contributed by atoms with Crippen LogP contribution in [0.5, 0.6) is 11.5 Å². The Bertz CT molecular complexity index is 462. The molecule has 0 fully saturated rings. The van der Waals surface area contributed by atoms with Crippen molar-refractivity contribution >= 4 is 21.9 Å². The van der Waals surface area contributed by atoms with Gasteiger partial charge in [-0.25, -0.2) is 4.79 Å². The van der Waals surface area contributed by atoms with Gasteiger partial charge in [-0.3, -0.25) is 0 Å². The van der Waals surface area contributed by atoms with Gasteiger partial charge in [-0.2, -0.15) is 0 Å². The molecule has 1 aromatic rings. The van der Waals surface area contributed by atoms with Crippen molar-refractivity contribution in [1.29, 1.82) is 0 Å². The topological polar surface area (TPSA) is 81.8 Å². The number of halogens is 1. The van der Waals surface area contributed by atoms with Crippen molar-refractivity contribution in [3.63, 3.8) is 0 Å². The first-order valence-corrected chi connectivity index (χ1v) is 6.66. The summed E-state index contributed by atoms with van der Waals surface area (Å²) >= 11 is 3.37. The molecule has 0 saturated carbocycles. The van der Waals surface area contributed by atoms with Crippen molar-refractivity contribution in [3.05, 3.63) is 22.2 Å². The highest BCUT2D eigenvalue weighted by Crippen LogP contribution is 2.37. The Hall–Kier alpha value is -1.27. The molecule has 3 N–H and O–H groups in total. The first kappa shape index (κ1) is 15.8. The summed E-state index contributed by atoms with van der Waals surface area (Å²) in [5.74, 6) is -0.169. The molecule has 0 heterocycles. The molecule has 0 aromatic heterocycles. The number of aliphatic carboxylic acids is 1. The molecule has 0 radical (unpaired) electrons. The monoisotopic (exact) mass is 331 g/mol. The summed E-state index contributed by atoms with van der Waals surface area (Å²) in [4.78, 5) is 10.8. The molecule has 0 bridgehead atoms. The predicted octanol–water partition coefficient (Wildman–Crippen LogP) is 2.20. The summed E-state index contributed by atoms with van der Waals surface area (Å²) in [5, 5.41) is 8.87. The highest BCUT2D eigenvalue weighted by atomic mass is 79.9. The molecule has 5 nitrogen and oxygen atoms in total. The van der Waals surface area contributed by atoms with Crippen LogP contribution in [0.1, 0.15) is 19.4 Å². The van der Waals surface area contributed by atoms with Crippen LogP contribution in [0.15, 0.2) is 16.6 Å². The van der Waals surface area contributed by atoms with Crippen LogP contribution in [0.4, 0.5) is 0 Å². The van der Waals surface area contributed by atoms with E-state index in [0.717, 1.165) is 5.56 Å². The van der Waals surface area contributed by atoms with Crippen LogP contribution in [0, 0.1) is 0 Å². The smallest absolute Gasteiger partial charge is 0.344 e. The van der Waals surface area contributed by atoms with Crippen LogP contribution in [0.2, 0.25) is 0 Å². The summed E-state index contributed by atoms with van der Waals surface area (Å²) in [6.45, 7) is 3.38. The number of nitrogens with two attached hydrogens (primary N) is 1. The Kier molecular flexibility index (Phi) is 5.62. The fraction of sp³-hybridized carbons (Fsp3) is 0.462. The number of hydrogen-bond acceptors (Lipinski definition) is 4. The molecule has 0 amide bonds. The average Bonchev–Trinajstić information content (AvgIpc) is 2.30. The van der Waals surface area contributed by atoms with Gasteiger partial charge in [-0.1, -0.05) is 0 Å². The fourth-order valence-electron chi connectivity index (χ4n) is 1.60. The molecule has 2 unspecified atom stereocenters. The van der Waals surface area contributed by atoms with Gasteiger partial charge in [0.25, 0.3) is 0 Å². The second-order valence-corrected chi connectivity index (χ2v) is 5.24. The van der Waals surface area contributed by atoms with Crippen molar-refractivity contribution in [2.75, 3.05) is 7.11 Å². The lowest BCUT2D eigenvalue weighted by Gasteiger charge is -2.17. The van der Waals surface area contributed by atoms with E-state index in [1.54, 1.807) is 6.07 Å². The number of hydrogen-bond donors (Lipinski definition) is 2. The van der Waals surface area contributed by atoms with E-state index >= 15 is 0 Å². The molecule has 6 heteroatoms. The third kappa shape index (κ3) is 4.40. The van der Waals surface area contributed by atoms with Gasteiger partial charge in [0, 0.05) is 6.04 Å². The highest BCUT2D eigenvalue weighted by molar-refractivity contribution is 9.10. The summed E-state index contributed by atoms with van der Waals surface area (Å²) in [6.07, 6.45) is -0.256. The van der Waals surface area contributed by atoms with Gasteiger partial charge in [-0.15, -0.1) is 0 Å². The van der Waals surface area contributed by atoms with Crippen LogP contribution in [-0.4, -0.2) is 30.3 Å². The average molecular weight is 332 g/mol. The Morgan fingerprint density at radius 2 is 2.11 bits per heavy atom. The van der Waals surface area contributed by atoms with Crippen LogP contribution >= 0.6 is 15.9 Å². The van der Waals surface area contributed by atoms with Gasteiger partial charge in [0.1, 0.15) is 0 Å². The molecule has 2 atom stereocenters. The minimum atomic E-state index is -1.03. The third-order valence-corrected chi connectivity index (χ3v) is 3.08. The molecule has 0 saturated heterocycles. The standard InChI is InChI=1S/C13H18BrNO4/c1-7(15)4-9-5-10(14)12(11(6-9)18-3)19-8(2)13(16)17/h5-8H,4,15H2,1-3H3,(H,16,17). The number of carboxylic acid groups (broad SMARTS) is 1. The van der Waals surface area contributed by atoms with E-state index < -0.39 is 12.1 Å². The SMILES string of the molecule is COc1cc(CC(C)N)cc(Br)c1OC(C)C(=O)O. The summed E-state index contributed by atoms with van der Waals surface area (Å²) in [7, 11) is 1.51. The van der Waals surface area contributed by atoms with Crippen LogP contribution in [0.25, 0.3) is 0 Å². The lowest BCUT2D eigenvalue weighted by Crippen LogP contribution is -2.23. The fourth-order valence-corrected chi connectivity index (χ4v) is 2.19. The summed E-state index contributed by atoms with van der Waals surface area (Å²) in [5.41, 5.74) is 6.75. The van der Waals surface area contributed by atoms with Crippen molar-refractivity contribution in [2.45, 2.75) is 32.4 Å². The Balaban J connectivity index is 3.07. The van der Waals surface area contributed by atoms with Crippen LogP contribution in [-0.2, 0) is 11.2 Å². The van der Waals surface area contributed by atoms with Gasteiger partial charge >= 0.3 is 5.97 Å². The number of ether oxygens (including phenoxy) is 2. The van der Waals surface area contributed by atoms with Crippen LogP contribution < -0.4 is 15.2 Å². The molecule has 1 rings (SSSR count). The quantitative estimate of drug-likeness (QED) is 0.835. The van der Waals surface area contributed by atoms with E-state index in [-0.39, 0.29) is 6.04 Å². The predicted molar refractivity (Wildman–Crippen MR) is 75.8 cm³/mol. The second kappa shape index (κ2) is 6.77. The second-order valence-electron chi connectivity index (χ2n) is 4.39. The minimum Gasteiger partial charge on any atom is -0.493 e. The Morgan fingerprint density at radius 1 is 1.47 bits per heavy atom. The van der Waals surface area contributed by atoms with E-state index in [1.807, 2.05) is 13.0 Å². The zero-order chi connectivity index (χ0) is 14.6. The molecule has 19 heavy (non-hydrogen) atoms. The number of benzene rings is 1. The summed E-state index contributed by atoms with van der Waals surface area (Å²) in [6, 6.07) is 3.69. The van der Waals surface area contributed by atoms with Gasteiger partial charge in [0.05, 0.1) is 11.6 Å².